The molecule has 2 aromatic carbocycles. The zero-order valence-corrected chi connectivity index (χ0v) is 10.9. The summed E-state index contributed by atoms with van der Waals surface area (Å²) in [4.78, 5) is 4.74. The van der Waals surface area contributed by atoms with Gasteiger partial charge in [-0.1, -0.05) is 54.6 Å². The molecule has 1 N–H and O–H groups in total. The number of H-pyrrole nitrogens is 1. The fraction of sp³-hybridized carbons (Fsp3) is 0.0588. The second-order valence-corrected chi connectivity index (χ2v) is 4.90. The second-order valence-electron chi connectivity index (χ2n) is 4.90. The standard InChI is InChI=1S/C17H13N3/c1-2-6-12(7-3-1)10-16-14-9-5-4-8-13(14)15-11-18-20-17(15)19-16/h1-9,11H,10H2,(H,18,19,20). The molecule has 2 aromatic heterocycles. The summed E-state index contributed by atoms with van der Waals surface area (Å²) in [6.45, 7) is 0. The van der Waals surface area contributed by atoms with Gasteiger partial charge in [0, 0.05) is 17.2 Å². The van der Waals surface area contributed by atoms with E-state index in [1.165, 1.54) is 16.3 Å². The smallest absolute Gasteiger partial charge is 0.156 e. The molecular formula is C17H13N3. The number of nitrogens with one attached hydrogen (secondary N) is 1. The van der Waals surface area contributed by atoms with Crippen molar-refractivity contribution in [1.29, 1.82) is 0 Å². The average Bonchev–Trinajstić information content (AvgIpc) is 2.97. The van der Waals surface area contributed by atoms with Crippen molar-refractivity contribution in [3.8, 4) is 0 Å². The Morgan fingerprint density at radius 2 is 1.55 bits per heavy atom. The van der Waals surface area contributed by atoms with E-state index in [2.05, 4.69) is 58.7 Å². The third-order valence-corrected chi connectivity index (χ3v) is 3.61. The van der Waals surface area contributed by atoms with Gasteiger partial charge in [-0.2, -0.15) is 5.10 Å². The first-order valence-corrected chi connectivity index (χ1v) is 6.66. The molecule has 0 aliphatic heterocycles. The molecular weight excluding hydrogens is 246 g/mol. The molecule has 96 valence electrons. The van der Waals surface area contributed by atoms with E-state index in [0.29, 0.717) is 0 Å². The summed E-state index contributed by atoms with van der Waals surface area (Å²) in [6.07, 6.45) is 2.67. The van der Waals surface area contributed by atoms with E-state index in [0.717, 1.165) is 23.1 Å². The van der Waals surface area contributed by atoms with Crippen LogP contribution in [0.2, 0.25) is 0 Å². The first-order valence-electron chi connectivity index (χ1n) is 6.66. The van der Waals surface area contributed by atoms with Gasteiger partial charge in [0.15, 0.2) is 5.65 Å². The second kappa shape index (κ2) is 4.46. The van der Waals surface area contributed by atoms with Crippen molar-refractivity contribution < 1.29 is 0 Å². The number of rotatable bonds is 2. The molecule has 0 amide bonds. The molecule has 0 unspecified atom stereocenters. The molecule has 20 heavy (non-hydrogen) atoms. The summed E-state index contributed by atoms with van der Waals surface area (Å²) in [6, 6.07) is 18.8. The molecule has 2 heterocycles. The van der Waals surface area contributed by atoms with E-state index in [4.69, 9.17) is 4.98 Å². The highest BCUT2D eigenvalue weighted by molar-refractivity contribution is 6.05. The maximum Gasteiger partial charge on any atom is 0.156 e. The van der Waals surface area contributed by atoms with Crippen LogP contribution in [-0.2, 0) is 6.42 Å². The summed E-state index contributed by atoms with van der Waals surface area (Å²) < 4.78 is 0. The summed E-state index contributed by atoms with van der Waals surface area (Å²) in [7, 11) is 0. The fourth-order valence-corrected chi connectivity index (χ4v) is 2.65. The fourth-order valence-electron chi connectivity index (χ4n) is 2.65. The van der Waals surface area contributed by atoms with Crippen molar-refractivity contribution in [2.75, 3.05) is 0 Å². The highest BCUT2D eigenvalue weighted by Gasteiger charge is 2.09. The Morgan fingerprint density at radius 1 is 0.800 bits per heavy atom. The number of fused-ring (bicyclic) bond motifs is 3. The lowest BCUT2D eigenvalue weighted by molar-refractivity contribution is 1.06. The van der Waals surface area contributed by atoms with Gasteiger partial charge in [0.05, 0.1) is 11.9 Å². The minimum Gasteiger partial charge on any atom is -0.261 e. The van der Waals surface area contributed by atoms with Crippen LogP contribution in [0, 0.1) is 0 Å². The third kappa shape index (κ3) is 1.75. The van der Waals surface area contributed by atoms with Gasteiger partial charge in [-0.3, -0.25) is 5.10 Å². The Labute approximate surface area is 116 Å². The molecule has 0 radical (unpaired) electrons. The van der Waals surface area contributed by atoms with E-state index in [9.17, 15) is 0 Å². The summed E-state index contributed by atoms with van der Waals surface area (Å²) in [5.74, 6) is 0. The maximum absolute atomic E-state index is 4.74. The Balaban J connectivity index is 1.96. The number of nitrogens with zero attached hydrogens (tertiary/aromatic N) is 2. The van der Waals surface area contributed by atoms with Gasteiger partial charge in [0.25, 0.3) is 0 Å². The topological polar surface area (TPSA) is 41.6 Å². The highest BCUT2D eigenvalue weighted by Crippen LogP contribution is 2.26. The lowest BCUT2D eigenvalue weighted by Gasteiger charge is -2.07. The van der Waals surface area contributed by atoms with Crippen LogP contribution in [0.1, 0.15) is 11.3 Å². The van der Waals surface area contributed by atoms with Crippen LogP contribution >= 0.6 is 0 Å². The van der Waals surface area contributed by atoms with Crippen LogP contribution in [0.25, 0.3) is 21.8 Å². The molecule has 0 spiro atoms. The molecule has 4 aromatic rings. The van der Waals surface area contributed by atoms with Gasteiger partial charge in [-0.25, -0.2) is 4.98 Å². The zero-order chi connectivity index (χ0) is 13.4. The Kier molecular flexibility index (Phi) is 2.49. The van der Waals surface area contributed by atoms with E-state index in [-0.39, 0.29) is 0 Å². The van der Waals surface area contributed by atoms with Gasteiger partial charge in [0.1, 0.15) is 0 Å². The van der Waals surface area contributed by atoms with Gasteiger partial charge in [-0.15, -0.1) is 0 Å². The molecule has 0 aliphatic rings. The van der Waals surface area contributed by atoms with Crippen molar-refractivity contribution in [3.05, 3.63) is 72.1 Å². The van der Waals surface area contributed by atoms with Crippen LogP contribution in [-0.4, -0.2) is 15.2 Å². The van der Waals surface area contributed by atoms with Crippen LogP contribution in [0.4, 0.5) is 0 Å². The van der Waals surface area contributed by atoms with Crippen molar-refractivity contribution in [3.63, 3.8) is 0 Å². The third-order valence-electron chi connectivity index (χ3n) is 3.61. The van der Waals surface area contributed by atoms with Crippen molar-refractivity contribution >= 4 is 21.8 Å². The molecule has 0 saturated carbocycles. The van der Waals surface area contributed by atoms with E-state index in [1.807, 2.05) is 12.3 Å². The first-order chi connectivity index (χ1) is 9.92. The number of benzene rings is 2. The first kappa shape index (κ1) is 11.2. The predicted molar refractivity (Wildman–Crippen MR) is 80.6 cm³/mol. The Morgan fingerprint density at radius 3 is 2.40 bits per heavy atom. The molecule has 3 heteroatoms. The van der Waals surface area contributed by atoms with E-state index >= 15 is 0 Å². The molecule has 0 fully saturated rings. The van der Waals surface area contributed by atoms with Gasteiger partial charge < -0.3 is 0 Å². The summed E-state index contributed by atoms with van der Waals surface area (Å²) in [5.41, 5.74) is 3.21. The number of aromatic nitrogens is 3. The lowest BCUT2D eigenvalue weighted by atomic mass is 10.0. The van der Waals surface area contributed by atoms with E-state index < -0.39 is 0 Å². The number of hydrogen-bond donors (Lipinski definition) is 1. The minimum absolute atomic E-state index is 0.830. The van der Waals surface area contributed by atoms with Crippen LogP contribution in [0.5, 0.6) is 0 Å². The van der Waals surface area contributed by atoms with Crippen molar-refractivity contribution in [2.24, 2.45) is 0 Å². The summed E-state index contributed by atoms with van der Waals surface area (Å²) >= 11 is 0. The maximum atomic E-state index is 4.74. The largest absolute Gasteiger partial charge is 0.261 e. The number of aromatic amines is 1. The Bertz CT molecular complexity index is 878. The molecule has 3 nitrogen and oxygen atoms in total. The van der Waals surface area contributed by atoms with Crippen LogP contribution < -0.4 is 0 Å². The quantitative estimate of drug-likeness (QED) is 0.596. The summed E-state index contributed by atoms with van der Waals surface area (Å²) in [5, 5.41) is 10.6. The average molecular weight is 259 g/mol. The predicted octanol–water partition coefficient (Wildman–Crippen LogP) is 3.70. The van der Waals surface area contributed by atoms with Crippen LogP contribution in [0.15, 0.2) is 60.8 Å². The molecule has 0 bridgehead atoms. The zero-order valence-electron chi connectivity index (χ0n) is 10.9. The molecule has 4 rings (SSSR count). The number of pyridine rings is 1. The lowest BCUT2D eigenvalue weighted by Crippen LogP contribution is -1.95. The van der Waals surface area contributed by atoms with E-state index in [1.54, 1.807) is 0 Å². The van der Waals surface area contributed by atoms with Crippen molar-refractivity contribution in [2.45, 2.75) is 6.42 Å². The van der Waals surface area contributed by atoms with Crippen LogP contribution in [0.3, 0.4) is 0 Å². The number of hydrogen-bond acceptors (Lipinski definition) is 2. The molecule has 0 saturated heterocycles. The molecule has 0 atom stereocenters. The highest BCUT2D eigenvalue weighted by atomic mass is 15.1. The van der Waals surface area contributed by atoms with Gasteiger partial charge >= 0.3 is 0 Å². The SMILES string of the molecule is c1ccc(Cc2nc3[nH]ncc3c3ccccc23)cc1. The normalized spacial score (nSPS) is 11.2. The molecule has 0 aliphatic carbocycles. The van der Waals surface area contributed by atoms with Crippen molar-refractivity contribution in [1.82, 2.24) is 15.2 Å². The van der Waals surface area contributed by atoms with Gasteiger partial charge in [-0.05, 0) is 10.9 Å². The van der Waals surface area contributed by atoms with Gasteiger partial charge in [0.2, 0.25) is 0 Å². The Hall–Kier alpha value is -2.68. The minimum atomic E-state index is 0.830. The monoisotopic (exact) mass is 259 g/mol.